The molecule has 4 aromatic carbocycles. The smallest absolute Gasteiger partial charge is 0.132 e. The topological polar surface area (TPSA) is 32.6 Å². The van der Waals surface area contributed by atoms with Crippen molar-refractivity contribution in [2.24, 2.45) is 4.99 Å². The van der Waals surface area contributed by atoms with E-state index in [1.54, 1.807) is 6.21 Å². The summed E-state index contributed by atoms with van der Waals surface area (Å²) in [5.41, 5.74) is 3.39. The van der Waals surface area contributed by atoms with Crippen LogP contribution in [-0.2, 0) is 0 Å². The van der Waals surface area contributed by atoms with E-state index in [2.05, 4.69) is 23.2 Å². The summed E-state index contributed by atoms with van der Waals surface area (Å²) in [6.07, 6.45) is 1.71. The molecular formula is C23H17NO. The fourth-order valence-electron chi connectivity index (χ4n) is 3.00. The van der Waals surface area contributed by atoms with Gasteiger partial charge in [-0.05, 0) is 34.5 Å². The summed E-state index contributed by atoms with van der Waals surface area (Å²) < 4.78 is 0. The maximum atomic E-state index is 10.8. The first-order valence-corrected chi connectivity index (χ1v) is 8.22. The van der Waals surface area contributed by atoms with Gasteiger partial charge in [0.25, 0.3) is 0 Å². The number of hydrogen-bond donors (Lipinski definition) is 1. The fraction of sp³-hybridized carbons (Fsp3) is 0. The van der Waals surface area contributed by atoms with E-state index in [0.29, 0.717) is 5.56 Å². The predicted molar refractivity (Wildman–Crippen MR) is 105 cm³/mol. The molecule has 0 unspecified atom stereocenters. The molecule has 0 aliphatic heterocycles. The molecule has 0 fully saturated rings. The van der Waals surface area contributed by atoms with E-state index in [-0.39, 0.29) is 5.75 Å². The van der Waals surface area contributed by atoms with E-state index in [0.717, 1.165) is 27.6 Å². The first kappa shape index (κ1) is 15.2. The zero-order valence-corrected chi connectivity index (χ0v) is 13.6. The molecule has 0 saturated heterocycles. The fourth-order valence-corrected chi connectivity index (χ4v) is 3.00. The number of phenols is 1. The zero-order chi connectivity index (χ0) is 17.1. The second-order valence-corrected chi connectivity index (χ2v) is 5.86. The molecule has 2 heteroatoms. The monoisotopic (exact) mass is 323 g/mol. The number of nitrogens with zero attached hydrogens (tertiary/aromatic N) is 1. The number of rotatable bonds is 3. The lowest BCUT2D eigenvalue weighted by atomic mass is 9.96. The van der Waals surface area contributed by atoms with Gasteiger partial charge >= 0.3 is 0 Å². The average molecular weight is 323 g/mol. The van der Waals surface area contributed by atoms with Crippen LogP contribution in [0.2, 0.25) is 0 Å². The number of hydrogen-bond acceptors (Lipinski definition) is 2. The average Bonchev–Trinajstić information content (AvgIpc) is 2.68. The van der Waals surface area contributed by atoms with Crippen molar-refractivity contribution < 1.29 is 5.11 Å². The Morgan fingerprint density at radius 2 is 1.32 bits per heavy atom. The first-order chi connectivity index (χ1) is 12.3. The summed E-state index contributed by atoms with van der Waals surface area (Å²) >= 11 is 0. The molecule has 0 radical (unpaired) electrons. The van der Waals surface area contributed by atoms with Crippen molar-refractivity contribution in [3.05, 3.63) is 96.6 Å². The van der Waals surface area contributed by atoms with E-state index < -0.39 is 0 Å². The highest BCUT2D eigenvalue weighted by Crippen LogP contribution is 2.36. The summed E-state index contributed by atoms with van der Waals surface area (Å²) in [5.74, 6) is 0.249. The standard InChI is InChI=1S/C23H17NO/c25-23-18(16-24-19-11-2-1-3-12-19)10-7-15-22(23)21-14-6-9-17-8-4-5-13-20(17)21/h1-16,25H/b24-16+. The molecule has 0 aromatic heterocycles. The molecule has 4 aromatic rings. The number of fused-ring (bicyclic) bond motifs is 1. The lowest BCUT2D eigenvalue weighted by Crippen LogP contribution is -1.87. The lowest BCUT2D eigenvalue weighted by Gasteiger charge is -2.10. The van der Waals surface area contributed by atoms with E-state index >= 15 is 0 Å². The van der Waals surface area contributed by atoms with Crippen molar-refractivity contribution in [2.45, 2.75) is 0 Å². The SMILES string of the molecule is Oc1c(/C=N/c2ccccc2)cccc1-c1cccc2ccccc12. The minimum atomic E-state index is 0.249. The van der Waals surface area contributed by atoms with Crippen LogP contribution in [0.25, 0.3) is 21.9 Å². The molecular weight excluding hydrogens is 306 g/mol. The summed E-state index contributed by atoms with van der Waals surface area (Å²) in [5, 5.41) is 13.1. The van der Waals surface area contributed by atoms with Crippen molar-refractivity contribution in [3.8, 4) is 16.9 Å². The molecule has 0 atom stereocenters. The molecule has 0 bridgehead atoms. The van der Waals surface area contributed by atoms with Crippen LogP contribution >= 0.6 is 0 Å². The van der Waals surface area contributed by atoms with Gasteiger partial charge in [0.1, 0.15) is 5.75 Å². The second kappa shape index (κ2) is 6.62. The van der Waals surface area contributed by atoms with Crippen LogP contribution in [0.4, 0.5) is 5.69 Å². The van der Waals surface area contributed by atoms with E-state index in [1.807, 2.05) is 72.8 Å². The Morgan fingerprint density at radius 1 is 0.640 bits per heavy atom. The van der Waals surface area contributed by atoms with Crippen LogP contribution in [-0.4, -0.2) is 11.3 Å². The van der Waals surface area contributed by atoms with E-state index in [4.69, 9.17) is 0 Å². The van der Waals surface area contributed by atoms with Crippen molar-refractivity contribution in [1.29, 1.82) is 0 Å². The van der Waals surface area contributed by atoms with Crippen LogP contribution in [0.15, 0.2) is 96.0 Å². The Bertz CT molecular complexity index is 1050. The Hall–Kier alpha value is -3.39. The molecule has 0 aliphatic carbocycles. The Morgan fingerprint density at radius 3 is 2.20 bits per heavy atom. The van der Waals surface area contributed by atoms with Gasteiger partial charge in [-0.1, -0.05) is 72.8 Å². The number of phenolic OH excluding ortho intramolecular Hbond substituents is 1. The molecule has 0 amide bonds. The summed E-state index contributed by atoms with van der Waals surface area (Å²) in [4.78, 5) is 4.45. The molecule has 0 aliphatic rings. The van der Waals surface area contributed by atoms with E-state index in [9.17, 15) is 5.11 Å². The van der Waals surface area contributed by atoms with Crippen molar-refractivity contribution in [3.63, 3.8) is 0 Å². The van der Waals surface area contributed by atoms with Crippen LogP contribution in [0, 0.1) is 0 Å². The van der Waals surface area contributed by atoms with Gasteiger partial charge in [-0.3, -0.25) is 4.99 Å². The molecule has 0 saturated carbocycles. The number of aliphatic imine (C=N–C) groups is 1. The Kier molecular flexibility index (Phi) is 4.01. The quantitative estimate of drug-likeness (QED) is 0.463. The number of para-hydroxylation sites is 2. The third kappa shape index (κ3) is 3.02. The number of aromatic hydroxyl groups is 1. The number of benzene rings is 4. The van der Waals surface area contributed by atoms with Gasteiger partial charge in [0.2, 0.25) is 0 Å². The molecule has 25 heavy (non-hydrogen) atoms. The van der Waals surface area contributed by atoms with Gasteiger partial charge in [0, 0.05) is 17.3 Å². The lowest BCUT2D eigenvalue weighted by molar-refractivity contribution is 0.476. The third-order valence-electron chi connectivity index (χ3n) is 4.26. The highest BCUT2D eigenvalue weighted by Gasteiger charge is 2.10. The summed E-state index contributed by atoms with van der Waals surface area (Å²) in [6, 6.07) is 29.8. The van der Waals surface area contributed by atoms with E-state index in [1.165, 1.54) is 0 Å². The maximum Gasteiger partial charge on any atom is 0.132 e. The molecule has 0 heterocycles. The van der Waals surface area contributed by atoms with Gasteiger partial charge in [-0.25, -0.2) is 0 Å². The van der Waals surface area contributed by atoms with Crippen LogP contribution in [0.5, 0.6) is 5.75 Å². The molecule has 120 valence electrons. The van der Waals surface area contributed by atoms with Crippen molar-refractivity contribution >= 4 is 22.7 Å². The van der Waals surface area contributed by atoms with Gasteiger partial charge in [0.05, 0.1) is 5.69 Å². The normalized spacial score (nSPS) is 11.2. The van der Waals surface area contributed by atoms with Gasteiger partial charge < -0.3 is 5.11 Å². The summed E-state index contributed by atoms with van der Waals surface area (Å²) in [6.45, 7) is 0. The van der Waals surface area contributed by atoms with Gasteiger partial charge in [-0.2, -0.15) is 0 Å². The van der Waals surface area contributed by atoms with Crippen molar-refractivity contribution in [1.82, 2.24) is 0 Å². The maximum absolute atomic E-state index is 10.8. The highest BCUT2D eigenvalue weighted by atomic mass is 16.3. The van der Waals surface area contributed by atoms with Gasteiger partial charge in [-0.15, -0.1) is 0 Å². The molecule has 0 spiro atoms. The minimum absolute atomic E-state index is 0.249. The minimum Gasteiger partial charge on any atom is -0.507 e. The van der Waals surface area contributed by atoms with Crippen LogP contribution in [0.3, 0.4) is 0 Å². The Balaban J connectivity index is 1.80. The first-order valence-electron chi connectivity index (χ1n) is 8.22. The largest absolute Gasteiger partial charge is 0.507 e. The predicted octanol–water partition coefficient (Wildman–Crippen LogP) is 5.96. The molecule has 2 nitrogen and oxygen atoms in total. The van der Waals surface area contributed by atoms with Crippen LogP contribution < -0.4 is 0 Å². The summed E-state index contributed by atoms with van der Waals surface area (Å²) in [7, 11) is 0. The highest BCUT2D eigenvalue weighted by molar-refractivity contribution is 6.00. The van der Waals surface area contributed by atoms with Gasteiger partial charge in [0.15, 0.2) is 0 Å². The van der Waals surface area contributed by atoms with Crippen LogP contribution in [0.1, 0.15) is 5.56 Å². The second-order valence-electron chi connectivity index (χ2n) is 5.86. The molecule has 4 rings (SSSR count). The Labute approximate surface area is 146 Å². The zero-order valence-electron chi connectivity index (χ0n) is 13.6. The third-order valence-corrected chi connectivity index (χ3v) is 4.26. The molecule has 1 N–H and O–H groups in total. The van der Waals surface area contributed by atoms with Crippen molar-refractivity contribution in [2.75, 3.05) is 0 Å².